The van der Waals surface area contributed by atoms with E-state index in [1.165, 1.54) is 0 Å². The number of nitrogens with zero attached hydrogens (tertiary/aromatic N) is 3. The van der Waals surface area contributed by atoms with Crippen LogP contribution in [0.5, 0.6) is 11.5 Å². The lowest BCUT2D eigenvalue weighted by Crippen LogP contribution is -2.60. The van der Waals surface area contributed by atoms with Crippen molar-refractivity contribution in [2.24, 2.45) is 0 Å². The van der Waals surface area contributed by atoms with Crippen LogP contribution in [0.1, 0.15) is 51.8 Å². The molecule has 9 nitrogen and oxygen atoms in total. The van der Waals surface area contributed by atoms with Crippen molar-refractivity contribution in [3.05, 3.63) is 59.1 Å². The molecule has 1 aliphatic heterocycles. The minimum absolute atomic E-state index is 0.161. The quantitative estimate of drug-likeness (QED) is 0.425. The molecule has 1 aromatic carbocycles. The number of nitrogens with one attached hydrogen (secondary N) is 1. The molecular weight excluding hydrogens is 479 g/mol. The van der Waals surface area contributed by atoms with Gasteiger partial charge < -0.3 is 24.5 Å². The van der Waals surface area contributed by atoms with Crippen LogP contribution in [0.25, 0.3) is 16.5 Å². The van der Waals surface area contributed by atoms with Gasteiger partial charge in [0.1, 0.15) is 28.8 Å². The van der Waals surface area contributed by atoms with Crippen LogP contribution in [0, 0.1) is 13.8 Å². The first kappa shape index (κ1) is 23.5. The minimum Gasteiger partial charge on any atom is -0.460 e. The van der Waals surface area contributed by atoms with Crippen LogP contribution in [0.3, 0.4) is 0 Å². The smallest absolute Gasteiger partial charge is 0.256 e. The predicted octanol–water partition coefficient (Wildman–Crippen LogP) is 3.93. The topological polar surface area (TPSA) is 109 Å². The summed E-state index contributed by atoms with van der Waals surface area (Å²) in [6, 6.07) is 6.21. The van der Waals surface area contributed by atoms with E-state index in [0.717, 1.165) is 5.56 Å². The number of likely N-dealkylation sites (tertiary alicyclic amines) is 1. The van der Waals surface area contributed by atoms with Crippen molar-refractivity contribution in [3.8, 4) is 11.5 Å². The Hall–Kier alpha value is -3.92. The number of aromatic nitrogens is 2. The van der Waals surface area contributed by atoms with E-state index in [1.54, 1.807) is 53.0 Å². The average molecular weight is 507 g/mol. The molecule has 10 heteroatoms. The summed E-state index contributed by atoms with van der Waals surface area (Å²) in [5.41, 5.74) is 2.73. The fourth-order valence-electron chi connectivity index (χ4n) is 5.07. The van der Waals surface area contributed by atoms with Gasteiger partial charge in [-0.2, -0.15) is 5.10 Å². The molecule has 2 fully saturated rings. The van der Waals surface area contributed by atoms with Gasteiger partial charge in [-0.15, -0.1) is 0 Å². The van der Waals surface area contributed by atoms with Crippen molar-refractivity contribution < 1.29 is 28.2 Å². The van der Waals surface area contributed by atoms with Gasteiger partial charge in [-0.1, -0.05) is 0 Å². The Balaban J connectivity index is 1.29. The van der Waals surface area contributed by atoms with Gasteiger partial charge in [-0.25, -0.2) is 8.91 Å². The van der Waals surface area contributed by atoms with Crippen molar-refractivity contribution in [1.82, 2.24) is 19.8 Å². The van der Waals surface area contributed by atoms with E-state index in [2.05, 4.69) is 10.4 Å². The highest BCUT2D eigenvalue weighted by atomic mass is 19.1. The number of hydrogen-bond donors (Lipinski definition) is 2. The number of furan rings is 1. The molecule has 192 valence electrons. The third kappa shape index (κ3) is 3.74. The van der Waals surface area contributed by atoms with E-state index in [4.69, 9.17) is 9.15 Å². The highest BCUT2D eigenvalue weighted by Gasteiger charge is 2.39. The number of hydrogen-bond acceptors (Lipinski definition) is 6. The zero-order valence-electron chi connectivity index (χ0n) is 20.7. The monoisotopic (exact) mass is 506 g/mol. The number of ether oxygens (including phenoxy) is 1. The van der Waals surface area contributed by atoms with Crippen molar-refractivity contribution in [2.75, 3.05) is 6.54 Å². The van der Waals surface area contributed by atoms with E-state index in [1.807, 2.05) is 13.8 Å². The summed E-state index contributed by atoms with van der Waals surface area (Å²) in [5, 5.41) is 17.5. The predicted molar refractivity (Wildman–Crippen MR) is 133 cm³/mol. The summed E-state index contributed by atoms with van der Waals surface area (Å²) in [7, 11) is 0. The van der Waals surface area contributed by atoms with Crippen LogP contribution < -0.4 is 10.1 Å². The molecule has 1 saturated heterocycles. The van der Waals surface area contributed by atoms with Crippen molar-refractivity contribution in [1.29, 1.82) is 0 Å². The van der Waals surface area contributed by atoms with Gasteiger partial charge >= 0.3 is 0 Å². The van der Waals surface area contributed by atoms with Gasteiger partial charge in [-0.05, 0) is 51.3 Å². The summed E-state index contributed by atoms with van der Waals surface area (Å²) in [6.45, 7) is 5.67. The Morgan fingerprint density at radius 1 is 1.24 bits per heavy atom. The molecule has 1 saturated carbocycles. The lowest BCUT2D eigenvalue weighted by Gasteiger charge is -2.43. The van der Waals surface area contributed by atoms with E-state index in [9.17, 15) is 19.1 Å². The Bertz CT molecular complexity index is 1560. The van der Waals surface area contributed by atoms with Crippen LogP contribution in [0.15, 0.2) is 41.1 Å². The molecule has 37 heavy (non-hydrogen) atoms. The molecule has 1 aliphatic carbocycles. The van der Waals surface area contributed by atoms with Gasteiger partial charge in [0.05, 0.1) is 35.5 Å². The Labute approximate surface area is 211 Å². The molecule has 2 N–H and O–H groups in total. The normalized spacial score (nSPS) is 23.1. The minimum atomic E-state index is -1.01. The maximum absolute atomic E-state index is 13.6. The molecule has 6 rings (SSSR count). The second-order valence-electron chi connectivity index (χ2n) is 9.89. The molecule has 0 radical (unpaired) electrons. The summed E-state index contributed by atoms with van der Waals surface area (Å²) in [5.74, 6) is 0.922. The number of rotatable bonds is 5. The molecule has 2 amide bonds. The second kappa shape index (κ2) is 8.58. The summed E-state index contributed by atoms with van der Waals surface area (Å²) in [4.78, 5) is 27.5. The number of aliphatic hydroxyl groups is 1. The van der Waals surface area contributed by atoms with Gasteiger partial charge in [0.2, 0.25) is 0 Å². The lowest BCUT2D eigenvalue weighted by molar-refractivity contribution is -0.0357. The van der Waals surface area contributed by atoms with Gasteiger partial charge in [0.15, 0.2) is 5.75 Å². The lowest BCUT2D eigenvalue weighted by atomic mass is 9.90. The van der Waals surface area contributed by atoms with E-state index in [0.29, 0.717) is 64.3 Å². The van der Waals surface area contributed by atoms with Crippen LogP contribution in [-0.4, -0.2) is 62.3 Å². The van der Waals surface area contributed by atoms with Gasteiger partial charge in [0.25, 0.3) is 11.8 Å². The summed E-state index contributed by atoms with van der Waals surface area (Å²) >= 11 is 0. The molecule has 3 aromatic heterocycles. The number of alkyl halides is 1. The molecule has 0 bridgehead atoms. The third-order valence-corrected chi connectivity index (χ3v) is 7.61. The maximum Gasteiger partial charge on any atom is 0.256 e. The number of benzene rings is 1. The summed E-state index contributed by atoms with van der Waals surface area (Å²) in [6.07, 6.45) is 2.84. The number of fused-ring (bicyclic) bond motifs is 2. The van der Waals surface area contributed by atoms with Gasteiger partial charge in [0, 0.05) is 30.3 Å². The molecular formula is C27H27FN4O5. The molecule has 4 aromatic rings. The van der Waals surface area contributed by atoms with Gasteiger partial charge in [-0.3, -0.25) is 9.59 Å². The van der Waals surface area contributed by atoms with E-state index in [-0.39, 0.29) is 17.9 Å². The fourth-order valence-corrected chi connectivity index (χ4v) is 5.07. The standard InChI is InChI=1S/C27H27FN4O5/c1-13-18(27(35)31-12-21(33)14(31)2)11-32-25(13)22(8-9-29-32)37-16-4-5-17-23(10-16)36-15(3)24(17)26(34)30-20-7-6-19(20)28/h4-5,8-11,14,19-21,33H,6-7,12H2,1-3H3,(H,30,34)/t14-,19+,20-,21-/m1/s1. The maximum atomic E-state index is 13.6. The molecule has 2 aliphatic rings. The number of carbonyl (C=O) groups excluding carboxylic acids is 2. The Kier molecular flexibility index (Phi) is 5.45. The first-order valence-corrected chi connectivity index (χ1v) is 12.3. The number of aliphatic hydroxyl groups excluding tert-OH is 1. The first-order chi connectivity index (χ1) is 17.7. The van der Waals surface area contributed by atoms with Crippen molar-refractivity contribution in [3.63, 3.8) is 0 Å². The molecule has 0 unspecified atom stereocenters. The van der Waals surface area contributed by atoms with Crippen molar-refractivity contribution >= 4 is 28.3 Å². The zero-order valence-corrected chi connectivity index (χ0v) is 20.7. The number of carbonyl (C=O) groups is 2. The second-order valence-corrected chi connectivity index (χ2v) is 9.89. The molecule has 4 atom stereocenters. The zero-order chi connectivity index (χ0) is 26.0. The fraction of sp³-hybridized carbons (Fsp3) is 0.370. The Morgan fingerprint density at radius 2 is 2.05 bits per heavy atom. The van der Waals surface area contributed by atoms with Crippen LogP contribution in [-0.2, 0) is 0 Å². The highest BCUT2D eigenvalue weighted by molar-refractivity contribution is 6.07. The SMILES string of the molecule is Cc1oc2cc(Oc3ccnn4cc(C(=O)N5C[C@@H](O)[C@H]5C)c(C)c34)ccc2c1C(=O)N[C@@H]1CC[C@@H]1F. The molecule has 4 heterocycles. The number of halogens is 1. The van der Waals surface area contributed by atoms with E-state index >= 15 is 0 Å². The van der Waals surface area contributed by atoms with Crippen LogP contribution >= 0.6 is 0 Å². The van der Waals surface area contributed by atoms with Crippen LogP contribution in [0.2, 0.25) is 0 Å². The Morgan fingerprint density at radius 3 is 2.73 bits per heavy atom. The average Bonchev–Trinajstić information content (AvgIpc) is 3.40. The van der Waals surface area contributed by atoms with Crippen molar-refractivity contribution in [2.45, 2.75) is 58.0 Å². The number of aryl methyl sites for hydroxylation is 2. The number of β-amino-alcohol motifs (C(OH)–C–C–N with tert-alkyl or cyclic N) is 1. The third-order valence-electron chi connectivity index (χ3n) is 7.61. The summed E-state index contributed by atoms with van der Waals surface area (Å²) < 4.78 is 27.3. The number of amides is 2. The van der Waals surface area contributed by atoms with E-state index < -0.39 is 18.3 Å². The molecule has 0 spiro atoms. The highest BCUT2D eigenvalue weighted by Crippen LogP contribution is 2.35. The first-order valence-electron chi connectivity index (χ1n) is 12.3. The largest absolute Gasteiger partial charge is 0.460 e. The van der Waals surface area contributed by atoms with Crippen LogP contribution in [0.4, 0.5) is 4.39 Å².